The van der Waals surface area contributed by atoms with E-state index in [1.807, 2.05) is 0 Å². The standard InChI is InChI=1S/C12H17NO/c1-9-5-6-10(12(8-9)14-2)11-4-3-7-13-11/h5-6,8,11,13H,3-4,7H2,1-2H3/t11-/m1/s1. The predicted octanol–water partition coefficient (Wildman–Crippen LogP) is 2.43. The zero-order chi connectivity index (χ0) is 9.97. The van der Waals surface area contributed by atoms with Crippen LogP contribution in [0.1, 0.15) is 30.0 Å². The van der Waals surface area contributed by atoms with Crippen molar-refractivity contribution in [3.8, 4) is 5.75 Å². The Morgan fingerprint density at radius 2 is 2.29 bits per heavy atom. The lowest BCUT2D eigenvalue weighted by Crippen LogP contribution is -2.13. The molecule has 0 unspecified atom stereocenters. The molecule has 1 atom stereocenters. The average molecular weight is 191 g/mol. The second kappa shape index (κ2) is 4.01. The van der Waals surface area contributed by atoms with Crippen LogP contribution in [0.5, 0.6) is 5.75 Å². The molecule has 2 nitrogen and oxygen atoms in total. The molecule has 0 bridgehead atoms. The van der Waals surface area contributed by atoms with Crippen LogP contribution in [0.3, 0.4) is 0 Å². The summed E-state index contributed by atoms with van der Waals surface area (Å²) in [5.74, 6) is 1.02. The lowest BCUT2D eigenvalue weighted by Gasteiger charge is -2.15. The molecule has 1 N–H and O–H groups in total. The van der Waals surface area contributed by atoms with E-state index in [4.69, 9.17) is 4.74 Å². The quantitative estimate of drug-likeness (QED) is 0.775. The van der Waals surface area contributed by atoms with Crippen molar-refractivity contribution in [3.63, 3.8) is 0 Å². The van der Waals surface area contributed by atoms with Crippen LogP contribution in [0.25, 0.3) is 0 Å². The smallest absolute Gasteiger partial charge is 0.123 e. The molecule has 0 saturated carbocycles. The van der Waals surface area contributed by atoms with E-state index in [1.165, 1.54) is 24.0 Å². The van der Waals surface area contributed by atoms with E-state index in [0.717, 1.165) is 12.3 Å². The maximum Gasteiger partial charge on any atom is 0.123 e. The fraction of sp³-hybridized carbons (Fsp3) is 0.500. The SMILES string of the molecule is COc1cc(C)ccc1[C@H]1CCCN1. The number of nitrogens with one attached hydrogen (secondary N) is 1. The van der Waals surface area contributed by atoms with Gasteiger partial charge in [-0.3, -0.25) is 0 Å². The summed E-state index contributed by atoms with van der Waals surface area (Å²) in [6.45, 7) is 3.22. The van der Waals surface area contributed by atoms with Gasteiger partial charge in [-0.15, -0.1) is 0 Å². The van der Waals surface area contributed by atoms with Crippen molar-refractivity contribution in [1.29, 1.82) is 0 Å². The molecule has 1 aromatic carbocycles. The Labute approximate surface area is 85.3 Å². The average Bonchev–Trinajstić information content (AvgIpc) is 2.70. The maximum absolute atomic E-state index is 5.40. The molecule has 0 aliphatic carbocycles. The fourth-order valence-corrected chi connectivity index (χ4v) is 2.06. The van der Waals surface area contributed by atoms with Gasteiger partial charge in [-0.1, -0.05) is 12.1 Å². The van der Waals surface area contributed by atoms with Crippen LogP contribution in [0.15, 0.2) is 18.2 Å². The Morgan fingerprint density at radius 1 is 1.43 bits per heavy atom. The molecule has 2 rings (SSSR count). The van der Waals surface area contributed by atoms with E-state index in [0.29, 0.717) is 6.04 Å². The van der Waals surface area contributed by atoms with Gasteiger partial charge in [0.2, 0.25) is 0 Å². The van der Waals surface area contributed by atoms with E-state index in [1.54, 1.807) is 7.11 Å². The van der Waals surface area contributed by atoms with Gasteiger partial charge in [0.1, 0.15) is 5.75 Å². The number of methoxy groups -OCH3 is 1. The van der Waals surface area contributed by atoms with Gasteiger partial charge in [-0.2, -0.15) is 0 Å². The second-order valence-electron chi connectivity index (χ2n) is 3.89. The summed E-state index contributed by atoms with van der Waals surface area (Å²) in [5.41, 5.74) is 2.55. The number of hydrogen-bond acceptors (Lipinski definition) is 2. The van der Waals surface area contributed by atoms with Crippen LogP contribution in [-0.2, 0) is 0 Å². The predicted molar refractivity (Wildman–Crippen MR) is 57.7 cm³/mol. The van der Waals surface area contributed by atoms with Crippen LogP contribution in [0.2, 0.25) is 0 Å². The summed E-state index contributed by atoms with van der Waals surface area (Å²) in [5, 5.41) is 3.49. The van der Waals surface area contributed by atoms with Crippen molar-refractivity contribution in [2.45, 2.75) is 25.8 Å². The van der Waals surface area contributed by atoms with E-state index in [2.05, 4.69) is 30.4 Å². The molecule has 1 aromatic rings. The number of hydrogen-bond donors (Lipinski definition) is 1. The highest BCUT2D eigenvalue weighted by Crippen LogP contribution is 2.31. The number of aryl methyl sites for hydroxylation is 1. The third kappa shape index (κ3) is 1.75. The van der Waals surface area contributed by atoms with Crippen molar-refractivity contribution in [2.24, 2.45) is 0 Å². The first-order valence-corrected chi connectivity index (χ1v) is 5.19. The summed E-state index contributed by atoms with van der Waals surface area (Å²) in [4.78, 5) is 0. The van der Waals surface area contributed by atoms with Crippen molar-refractivity contribution >= 4 is 0 Å². The van der Waals surface area contributed by atoms with E-state index < -0.39 is 0 Å². The second-order valence-corrected chi connectivity index (χ2v) is 3.89. The lowest BCUT2D eigenvalue weighted by molar-refractivity contribution is 0.403. The minimum absolute atomic E-state index is 0.491. The molecule has 1 fully saturated rings. The molecule has 14 heavy (non-hydrogen) atoms. The van der Waals surface area contributed by atoms with Crippen LogP contribution < -0.4 is 10.1 Å². The Balaban J connectivity index is 2.31. The molecule has 1 aliphatic rings. The fourth-order valence-electron chi connectivity index (χ4n) is 2.06. The highest BCUT2D eigenvalue weighted by molar-refractivity contribution is 5.39. The minimum atomic E-state index is 0.491. The van der Waals surface area contributed by atoms with E-state index in [-0.39, 0.29) is 0 Å². The molecule has 0 radical (unpaired) electrons. The number of benzene rings is 1. The number of rotatable bonds is 2. The maximum atomic E-state index is 5.40. The van der Waals surface area contributed by atoms with E-state index >= 15 is 0 Å². The summed E-state index contributed by atoms with van der Waals surface area (Å²) in [6.07, 6.45) is 2.49. The summed E-state index contributed by atoms with van der Waals surface area (Å²) in [6, 6.07) is 6.93. The zero-order valence-corrected chi connectivity index (χ0v) is 8.84. The molecule has 0 aromatic heterocycles. The molecule has 1 saturated heterocycles. The minimum Gasteiger partial charge on any atom is -0.496 e. The Morgan fingerprint density at radius 3 is 2.93 bits per heavy atom. The molecule has 2 heteroatoms. The van der Waals surface area contributed by atoms with Gasteiger partial charge in [0.25, 0.3) is 0 Å². The van der Waals surface area contributed by atoms with Crippen molar-refractivity contribution < 1.29 is 4.74 Å². The third-order valence-corrected chi connectivity index (χ3v) is 2.82. The number of ether oxygens (including phenoxy) is 1. The lowest BCUT2D eigenvalue weighted by atomic mass is 10.0. The largest absolute Gasteiger partial charge is 0.496 e. The summed E-state index contributed by atoms with van der Waals surface area (Å²) >= 11 is 0. The molecule has 0 amide bonds. The van der Waals surface area contributed by atoms with Crippen molar-refractivity contribution in [1.82, 2.24) is 5.32 Å². The van der Waals surface area contributed by atoms with Gasteiger partial charge >= 0.3 is 0 Å². The third-order valence-electron chi connectivity index (χ3n) is 2.82. The molecule has 1 aliphatic heterocycles. The van der Waals surface area contributed by atoms with Gasteiger partial charge in [-0.25, -0.2) is 0 Å². The molecular weight excluding hydrogens is 174 g/mol. The Hall–Kier alpha value is -1.02. The van der Waals surface area contributed by atoms with Crippen molar-refractivity contribution in [3.05, 3.63) is 29.3 Å². The first-order chi connectivity index (χ1) is 6.81. The first kappa shape index (κ1) is 9.53. The highest BCUT2D eigenvalue weighted by atomic mass is 16.5. The van der Waals surface area contributed by atoms with E-state index in [9.17, 15) is 0 Å². The molecule has 76 valence electrons. The highest BCUT2D eigenvalue weighted by Gasteiger charge is 2.19. The van der Waals surface area contributed by atoms with Crippen LogP contribution in [0, 0.1) is 6.92 Å². The molecule has 1 heterocycles. The summed E-state index contributed by atoms with van der Waals surface area (Å²) in [7, 11) is 1.74. The monoisotopic (exact) mass is 191 g/mol. The normalized spacial score (nSPS) is 21.1. The first-order valence-electron chi connectivity index (χ1n) is 5.19. The Kier molecular flexibility index (Phi) is 2.73. The summed E-state index contributed by atoms with van der Waals surface area (Å²) < 4.78 is 5.40. The topological polar surface area (TPSA) is 21.3 Å². The van der Waals surface area contributed by atoms with Gasteiger partial charge in [0, 0.05) is 11.6 Å². The van der Waals surface area contributed by atoms with Gasteiger partial charge < -0.3 is 10.1 Å². The zero-order valence-electron chi connectivity index (χ0n) is 8.84. The molecule has 0 spiro atoms. The van der Waals surface area contributed by atoms with Crippen LogP contribution in [0.4, 0.5) is 0 Å². The van der Waals surface area contributed by atoms with Crippen molar-refractivity contribution in [2.75, 3.05) is 13.7 Å². The van der Waals surface area contributed by atoms with Gasteiger partial charge in [-0.05, 0) is 37.9 Å². The van der Waals surface area contributed by atoms with Crippen LogP contribution >= 0.6 is 0 Å². The van der Waals surface area contributed by atoms with Gasteiger partial charge in [0.05, 0.1) is 7.11 Å². The van der Waals surface area contributed by atoms with Crippen LogP contribution in [-0.4, -0.2) is 13.7 Å². The Bertz CT molecular complexity index is 316. The molecular formula is C12H17NO. The van der Waals surface area contributed by atoms with Gasteiger partial charge in [0.15, 0.2) is 0 Å².